The molecule has 3 atom stereocenters. The number of hydrogen-bond acceptors (Lipinski definition) is 5. The van der Waals surface area contributed by atoms with Crippen molar-refractivity contribution in [3.63, 3.8) is 0 Å². The molecule has 4 N–H and O–H groups in total. The Morgan fingerprint density at radius 3 is 2.65 bits per heavy atom. The molecule has 120 valence electrons. The minimum atomic E-state index is -0.357. The fraction of sp³-hybridized carbons (Fsp3) is 0.412. The number of piperidine rings is 1. The number of nitrogen functional groups attached to an aromatic ring is 1. The number of fused-ring (bicyclic) bond motifs is 1. The predicted octanol–water partition coefficient (Wildman–Crippen LogP) is 0.370. The lowest BCUT2D eigenvalue weighted by atomic mass is 10.2. The number of benzene rings is 1. The van der Waals surface area contributed by atoms with Crippen LogP contribution in [0.15, 0.2) is 41.3 Å². The summed E-state index contributed by atoms with van der Waals surface area (Å²) in [5, 5.41) is 6.97. The van der Waals surface area contributed by atoms with E-state index in [1.165, 1.54) is 23.2 Å². The summed E-state index contributed by atoms with van der Waals surface area (Å²) >= 11 is 0. The topological polar surface area (TPSA) is 85.0 Å². The van der Waals surface area contributed by atoms with Crippen LogP contribution in [0.2, 0.25) is 0 Å². The second kappa shape index (κ2) is 5.79. The van der Waals surface area contributed by atoms with Crippen molar-refractivity contribution in [2.75, 3.05) is 25.4 Å². The zero-order valence-corrected chi connectivity index (χ0v) is 12.9. The van der Waals surface area contributed by atoms with E-state index < -0.39 is 0 Å². The summed E-state index contributed by atoms with van der Waals surface area (Å²) in [6.45, 7) is 4.34. The molecular formula is C17H21N5O. The molecule has 0 radical (unpaired) electrons. The smallest absolute Gasteiger partial charge is 0.354 e. The Bertz CT molecular complexity index is 744. The molecule has 0 bridgehead atoms. The summed E-state index contributed by atoms with van der Waals surface area (Å²) in [5.74, 6) is 2.90. The lowest BCUT2D eigenvalue weighted by Crippen LogP contribution is -2.23. The lowest BCUT2D eigenvalue weighted by molar-refractivity contribution is 0.539. The SMILES string of the molecule is Nc1ccn(-c2ccc(CNCC3C4CNC[C@@H]34)cc2)c(=O)n1. The van der Waals surface area contributed by atoms with Crippen LogP contribution in [0.4, 0.5) is 5.82 Å². The molecule has 6 heteroatoms. The van der Waals surface area contributed by atoms with Crippen molar-refractivity contribution in [1.29, 1.82) is 0 Å². The van der Waals surface area contributed by atoms with Gasteiger partial charge in [-0.2, -0.15) is 4.98 Å². The van der Waals surface area contributed by atoms with E-state index in [-0.39, 0.29) is 11.5 Å². The molecule has 1 saturated heterocycles. The molecule has 4 rings (SSSR count). The van der Waals surface area contributed by atoms with Gasteiger partial charge < -0.3 is 16.4 Å². The number of nitrogens with zero attached hydrogens (tertiary/aromatic N) is 2. The van der Waals surface area contributed by atoms with E-state index in [1.54, 1.807) is 12.3 Å². The van der Waals surface area contributed by atoms with Crippen molar-refractivity contribution in [3.05, 3.63) is 52.6 Å². The Balaban J connectivity index is 1.35. The zero-order chi connectivity index (χ0) is 15.8. The maximum absolute atomic E-state index is 11.8. The van der Waals surface area contributed by atoms with Gasteiger partial charge in [0.1, 0.15) is 5.82 Å². The third-order valence-electron chi connectivity index (χ3n) is 5.02. The third-order valence-corrected chi connectivity index (χ3v) is 5.02. The first kappa shape index (κ1) is 14.4. The molecule has 2 unspecified atom stereocenters. The van der Waals surface area contributed by atoms with Crippen LogP contribution in [0, 0.1) is 17.8 Å². The van der Waals surface area contributed by atoms with E-state index in [1.807, 2.05) is 24.3 Å². The fourth-order valence-corrected chi connectivity index (χ4v) is 3.62. The second-order valence-electron chi connectivity index (χ2n) is 6.45. The highest BCUT2D eigenvalue weighted by molar-refractivity contribution is 5.36. The molecule has 1 aliphatic carbocycles. The van der Waals surface area contributed by atoms with E-state index in [0.717, 1.165) is 36.5 Å². The van der Waals surface area contributed by atoms with Gasteiger partial charge in [0.15, 0.2) is 0 Å². The average Bonchev–Trinajstić information content (AvgIpc) is 2.98. The Hall–Kier alpha value is -2.18. The molecule has 2 heterocycles. The molecule has 1 saturated carbocycles. The molecule has 2 fully saturated rings. The van der Waals surface area contributed by atoms with Gasteiger partial charge in [-0.05, 0) is 61.2 Å². The molecule has 1 aromatic carbocycles. The standard InChI is InChI=1S/C17H21N5O/c18-16-5-6-22(17(23)21-16)12-3-1-11(2-4-12)7-19-8-13-14-9-20-10-15(13)14/h1-6,13-15,19-20H,7-10H2,(H2,18,21,23)/t13?,14-,15?/m0/s1. The number of hydrogen-bond donors (Lipinski definition) is 3. The first-order chi connectivity index (χ1) is 11.2. The molecular weight excluding hydrogens is 290 g/mol. The molecule has 2 aromatic rings. The van der Waals surface area contributed by atoms with Crippen molar-refractivity contribution < 1.29 is 0 Å². The van der Waals surface area contributed by atoms with E-state index in [2.05, 4.69) is 15.6 Å². The fourth-order valence-electron chi connectivity index (χ4n) is 3.62. The Morgan fingerprint density at radius 1 is 1.22 bits per heavy atom. The second-order valence-corrected chi connectivity index (χ2v) is 6.45. The highest BCUT2D eigenvalue weighted by Gasteiger charge is 2.51. The molecule has 23 heavy (non-hydrogen) atoms. The average molecular weight is 311 g/mol. The maximum atomic E-state index is 11.8. The van der Waals surface area contributed by atoms with Gasteiger partial charge in [-0.3, -0.25) is 4.57 Å². The van der Waals surface area contributed by atoms with Gasteiger partial charge in [0.05, 0.1) is 5.69 Å². The zero-order valence-electron chi connectivity index (χ0n) is 12.9. The summed E-state index contributed by atoms with van der Waals surface area (Å²) in [5.41, 5.74) is 7.17. The summed E-state index contributed by atoms with van der Waals surface area (Å²) in [6.07, 6.45) is 1.65. The summed E-state index contributed by atoms with van der Waals surface area (Å²) in [7, 11) is 0. The number of nitrogens with two attached hydrogens (primary N) is 1. The number of nitrogens with one attached hydrogen (secondary N) is 2. The van der Waals surface area contributed by atoms with E-state index >= 15 is 0 Å². The van der Waals surface area contributed by atoms with Gasteiger partial charge in [-0.15, -0.1) is 0 Å². The summed E-state index contributed by atoms with van der Waals surface area (Å²) in [6, 6.07) is 9.58. The van der Waals surface area contributed by atoms with Gasteiger partial charge in [0.2, 0.25) is 0 Å². The van der Waals surface area contributed by atoms with Crippen LogP contribution in [0.1, 0.15) is 5.56 Å². The Morgan fingerprint density at radius 2 is 1.96 bits per heavy atom. The van der Waals surface area contributed by atoms with Gasteiger partial charge >= 0.3 is 5.69 Å². The van der Waals surface area contributed by atoms with Crippen LogP contribution in [-0.2, 0) is 6.54 Å². The molecule has 1 aromatic heterocycles. The minimum absolute atomic E-state index is 0.243. The third kappa shape index (κ3) is 2.87. The summed E-state index contributed by atoms with van der Waals surface area (Å²) in [4.78, 5) is 15.6. The van der Waals surface area contributed by atoms with Crippen LogP contribution in [-0.4, -0.2) is 29.2 Å². The van der Waals surface area contributed by atoms with E-state index in [9.17, 15) is 4.79 Å². The van der Waals surface area contributed by atoms with Crippen LogP contribution in [0.5, 0.6) is 0 Å². The largest absolute Gasteiger partial charge is 0.383 e. The van der Waals surface area contributed by atoms with Crippen molar-refractivity contribution in [2.45, 2.75) is 6.54 Å². The molecule has 2 aliphatic rings. The van der Waals surface area contributed by atoms with Gasteiger partial charge in [-0.25, -0.2) is 4.79 Å². The molecule has 0 amide bonds. The predicted molar refractivity (Wildman–Crippen MR) is 89.3 cm³/mol. The van der Waals surface area contributed by atoms with E-state index in [4.69, 9.17) is 5.73 Å². The number of aromatic nitrogens is 2. The highest BCUT2D eigenvalue weighted by Crippen LogP contribution is 2.47. The van der Waals surface area contributed by atoms with Crippen molar-refractivity contribution in [3.8, 4) is 5.69 Å². The van der Waals surface area contributed by atoms with Gasteiger partial charge in [0, 0.05) is 12.7 Å². The Kier molecular flexibility index (Phi) is 3.63. The van der Waals surface area contributed by atoms with E-state index in [0.29, 0.717) is 0 Å². The molecule has 0 spiro atoms. The van der Waals surface area contributed by atoms with Crippen LogP contribution in [0.3, 0.4) is 0 Å². The van der Waals surface area contributed by atoms with Crippen LogP contribution in [0.25, 0.3) is 5.69 Å². The normalized spacial score (nSPS) is 25.3. The van der Waals surface area contributed by atoms with Crippen LogP contribution < -0.4 is 22.1 Å². The monoisotopic (exact) mass is 311 g/mol. The highest BCUT2D eigenvalue weighted by atomic mass is 16.1. The van der Waals surface area contributed by atoms with Crippen molar-refractivity contribution in [1.82, 2.24) is 20.2 Å². The van der Waals surface area contributed by atoms with Crippen molar-refractivity contribution >= 4 is 5.82 Å². The van der Waals surface area contributed by atoms with Gasteiger partial charge in [0.25, 0.3) is 0 Å². The number of rotatable bonds is 5. The summed E-state index contributed by atoms with van der Waals surface area (Å²) < 4.78 is 1.49. The van der Waals surface area contributed by atoms with Gasteiger partial charge in [-0.1, -0.05) is 12.1 Å². The maximum Gasteiger partial charge on any atom is 0.354 e. The quantitative estimate of drug-likeness (QED) is 0.743. The Labute approximate surface area is 134 Å². The molecule has 6 nitrogen and oxygen atoms in total. The number of anilines is 1. The first-order valence-electron chi connectivity index (χ1n) is 8.08. The molecule has 1 aliphatic heterocycles. The van der Waals surface area contributed by atoms with Crippen molar-refractivity contribution in [2.24, 2.45) is 17.8 Å². The van der Waals surface area contributed by atoms with Crippen LogP contribution >= 0.6 is 0 Å². The first-order valence-corrected chi connectivity index (χ1v) is 8.08. The minimum Gasteiger partial charge on any atom is -0.383 e. The lowest BCUT2D eigenvalue weighted by Gasteiger charge is -2.09.